The minimum absolute atomic E-state index is 0.215. The molecule has 0 saturated carbocycles. The molecular weight excluding hydrogens is 258 g/mol. The van der Waals surface area contributed by atoms with Gasteiger partial charge < -0.3 is 20.3 Å². The van der Waals surface area contributed by atoms with Gasteiger partial charge in [-0.15, -0.1) is 0 Å². The van der Waals surface area contributed by atoms with E-state index in [2.05, 4.69) is 5.32 Å². The number of aliphatic carboxylic acids is 1. The Morgan fingerprint density at radius 1 is 1.35 bits per heavy atom. The zero-order valence-corrected chi connectivity index (χ0v) is 12.0. The fraction of sp³-hybridized carbons (Fsp3) is 0.533. The molecule has 2 unspecified atom stereocenters. The molecule has 2 atom stereocenters. The summed E-state index contributed by atoms with van der Waals surface area (Å²) in [5, 5.41) is 22.0. The van der Waals surface area contributed by atoms with Gasteiger partial charge in [0.05, 0.1) is 13.2 Å². The zero-order valence-electron chi connectivity index (χ0n) is 12.0. The topological polar surface area (TPSA) is 78.8 Å². The first-order valence-electron chi connectivity index (χ1n) is 6.86. The van der Waals surface area contributed by atoms with Crippen molar-refractivity contribution in [2.75, 3.05) is 13.7 Å². The predicted molar refractivity (Wildman–Crippen MR) is 76.9 cm³/mol. The van der Waals surface area contributed by atoms with Crippen molar-refractivity contribution in [2.45, 2.75) is 38.3 Å². The Kier molecular flexibility index (Phi) is 7.04. The standard InChI is InChI=1S/C15H23NO4/c1-3-4-5-13(15(18)19)16-10-14(17)11-6-8-12(20-2)9-7-11/h6-9,13-14,16-17H,3-5,10H2,1-2H3,(H,18,19). The van der Waals surface area contributed by atoms with Crippen LogP contribution in [0.2, 0.25) is 0 Å². The number of aliphatic hydroxyl groups is 1. The van der Waals surface area contributed by atoms with Crippen molar-refractivity contribution in [3.05, 3.63) is 29.8 Å². The highest BCUT2D eigenvalue weighted by Gasteiger charge is 2.18. The molecule has 1 aromatic carbocycles. The summed E-state index contributed by atoms with van der Waals surface area (Å²) in [6.07, 6.45) is 1.64. The van der Waals surface area contributed by atoms with Gasteiger partial charge >= 0.3 is 5.97 Å². The van der Waals surface area contributed by atoms with Crippen LogP contribution in [0.5, 0.6) is 5.75 Å². The van der Waals surface area contributed by atoms with Crippen molar-refractivity contribution in [2.24, 2.45) is 0 Å². The van der Waals surface area contributed by atoms with Crippen molar-refractivity contribution in [3.8, 4) is 5.75 Å². The van der Waals surface area contributed by atoms with E-state index in [-0.39, 0.29) is 6.54 Å². The lowest BCUT2D eigenvalue weighted by molar-refractivity contribution is -0.139. The van der Waals surface area contributed by atoms with E-state index >= 15 is 0 Å². The van der Waals surface area contributed by atoms with Crippen LogP contribution in [0.3, 0.4) is 0 Å². The van der Waals surface area contributed by atoms with E-state index < -0.39 is 18.1 Å². The van der Waals surface area contributed by atoms with Crippen LogP contribution in [0.15, 0.2) is 24.3 Å². The molecule has 5 heteroatoms. The quantitative estimate of drug-likeness (QED) is 0.645. The van der Waals surface area contributed by atoms with E-state index in [1.54, 1.807) is 31.4 Å². The molecule has 0 fully saturated rings. The molecule has 0 saturated heterocycles. The summed E-state index contributed by atoms with van der Waals surface area (Å²) in [6, 6.07) is 6.47. The molecule has 0 aliphatic rings. The second-order valence-corrected chi connectivity index (χ2v) is 4.73. The number of carboxylic acid groups (broad SMARTS) is 1. The lowest BCUT2D eigenvalue weighted by atomic mass is 10.1. The van der Waals surface area contributed by atoms with Gasteiger partial charge in [-0.3, -0.25) is 4.79 Å². The molecule has 3 N–H and O–H groups in total. The number of ether oxygens (including phenoxy) is 1. The highest BCUT2D eigenvalue weighted by atomic mass is 16.5. The Labute approximate surface area is 119 Å². The molecule has 112 valence electrons. The van der Waals surface area contributed by atoms with Crippen LogP contribution in [0.4, 0.5) is 0 Å². The van der Waals surface area contributed by atoms with Crippen LogP contribution in [-0.4, -0.2) is 35.9 Å². The van der Waals surface area contributed by atoms with E-state index in [1.807, 2.05) is 6.92 Å². The van der Waals surface area contributed by atoms with Gasteiger partial charge in [0.15, 0.2) is 0 Å². The van der Waals surface area contributed by atoms with Crippen molar-refractivity contribution >= 4 is 5.97 Å². The van der Waals surface area contributed by atoms with Gasteiger partial charge in [-0.05, 0) is 24.1 Å². The minimum atomic E-state index is -0.875. The fourth-order valence-electron chi connectivity index (χ4n) is 1.92. The summed E-state index contributed by atoms with van der Waals surface area (Å²) < 4.78 is 5.05. The summed E-state index contributed by atoms with van der Waals surface area (Å²) in [6.45, 7) is 2.23. The molecular formula is C15H23NO4. The molecule has 0 aliphatic heterocycles. The molecule has 0 bridgehead atoms. The summed E-state index contributed by atoms with van der Waals surface area (Å²) in [7, 11) is 1.58. The molecule has 0 spiro atoms. The molecule has 5 nitrogen and oxygen atoms in total. The summed E-state index contributed by atoms with van der Waals surface area (Å²) in [5.74, 6) is -0.152. The van der Waals surface area contributed by atoms with Crippen LogP contribution < -0.4 is 10.1 Å². The maximum absolute atomic E-state index is 11.1. The Hall–Kier alpha value is -1.59. The maximum atomic E-state index is 11.1. The molecule has 0 heterocycles. The molecule has 0 aromatic heterocycles. The number of carboxylic acids is 1. The number of hydrogen-bond acceptors (Lipinski definition) is 4. The Bertz CT molecular complexity index is 405. The van der Waals surface area contributed by atoms with Gasteiger partial charge in [-0.1, -0.05) is 31.9 Å². The van der Waals surface area contributed by atoms with Crippen LogP contribution >= 0.6 is 0 Å². The number of methoxy groups -OCH3 is 1. The summed E-state index contributed by atoms with van der Waals surface area (Å²) in [4.78, 5) is 11.1. The Morgan fingerprint density at radius 3 is 2.50 bits per heavy atom. The second kappa shape index (κ2) is 8.55. The van der Waals surface area contributed by atoms with E-state index in [0.717, 1.165) is 24.2 Å². The number of hydrogen-bond donors (Lipinski definition) is 3. The monoisotopic (exact) mass is 281 g/mol. The summed E-state index contributed by atoms with van der Waals surface area (Å²) >= 11 is 0. The third-order valence-corrected chi connectivity index (χ3v) is 3.20. The van der Waals surface area contributed by atoms with Crippen LogP contribution in [0.25, 0.3) is 0 Å². The third kappa shape index (κ3) is 5.19. The second-order valence-electron chi connectivity index (χ2n) is 4.73. The number of unbranched alkanes of at least 4 members (excludes halogenated alkanes) is 1. The Balaban J connectivity index is 2.51. The molecule has 0 aliphatic carbocycles. The van der Waals surface area contributed by atoms with Crippen molar-refractivity contribution in [3.63, 3.8) is 0 Å². The van der Waals surface area contributed by atoms with Gasteiger partial charge in [0.2, 0.25) is 0 Å². The third-order valence-electron chi connectivity index (χ3n) is 3.20. The smallest absolute Gasteiger partial charge is 0.320 e. The normalized spacial score (nSPS) is 13.8. The average Bonchev–Trinajstić information content (AvgIpc) is 2.46. The molecule has 0 radical (unpaired) electrons. The maximum Gasteiger partial charge on any atom is 0.320 e. The van der Waals surface area contributed by atoms with Crippen LogP contribution in [0.1, 0.15) is 37.9 Å². The molecule has 20 heavy (non-hydrogen) atoms. The predicted octanol–water partition coefficient (Wildman–Crippen LogP) is 1.96. The van der Waals surface area contributed by atoms with E-state index in [0.29, 0.717) is 6.42 Å². The fourth-order valence-corrected chi connectivity index (χ4v) is 1.92. The van der Waals surface area contributed by atoms with Crippen molar-refractivity contribution in [1.82, 2.24) is 5.32 Å². The van der Waals surface area contributed by atoms with Gasteiger partial charge in [0, 0.05) is 6.54 Å². The number of nitrogens with one attached hydrogen (secondary N) is 1. The van der Waals surface area contributed by atoms with E-state index in [1.165, 1.54) is 0 Å². The lowest BCUT2D eigenvalue weighted by Gasteiger charge is -2.17. The molecule has 0 amide bonds. The lowest BCUT2D eigenvalue weighted by Crippen LogP contribution is -2.39. The zero-order chi connectivity index (χ0) is 15.0. The van der Waals surface area contributed by atoms with Crippen molar-refractivity contribution in [1.29, 1.82) is 0 Å². The largest absolute Gasteiger partial charge is 0.497 e. The minimum Gasteiger partial charge on any atom is -0.497 e. The number of carbonyl (C=O) groups is 1. The molecule has 1 aromatic rings. The average molecular weight is 281 g/mol. The van der Waals surface area contributed by atoms with Gasteiger partial charge in [0.1, 0.15) is 11.8 Å². The van der Waals surface area contributed by atoms with Gasteiger partial charge in [-0.25, -0.2) is 0 Å². The number of benzene rings is 1. The SMILES string of the molecule is CCCCC(NCC(O)c1ccc(OC)cc1)C(=O)O. The molecule has 1 rings (SSSR count). The first-order chi connectivity index (χ1) is 9.58. The Morgan fingerprint density at radius 2 is 2.00 bits per heavy atom. The first-order valence-corrected chi connectivity index (χ1v) is 6.86. The van der Waals surface area contributed by atoms with E-state index in [4.69, 9.17) is 9.84 Å². The van der Waals surface area contributed by atoms with E-state index in [9.17, 15) is 9.90 Å². The first kappa shape index (κ1) is 16.5. The van der Waals surface area contributed by atoms with Crippen LogP contribution in [-0.2, 0) is 4.79 Å². The van der Waals surface area contributed by atoms with Gasteiger partial charge in [0.25, 0.3) is 0 Å². The highest BCUT2D eigenvalue weighted by molar-refractivity contribution is 5.73. The van der Waals surface area contributed by atoms with Gasteiger partial charge in [-0.2, -0.15) is 0 Å². The number of rotatable bonds is 9. The highest BCUT2D eigenvalue weighted by Crippen LogP contribution is 2.17. The van der Waals surface area contributed by atoms with Crippen LogP contribution in [0, 0.1) is 0 Å². The van der Waals surface area contributed by atoms with Crippen molar-refractivity contribution < 1.29 is 19.7 Å². The number of aliphatic hydroxyl groups excluding tert-OH is 1. The summed E-state index contributed by atoms with van der Waals surface area (Å²) in [5.41, 5.74) is 0.734.